The number of carbonyl (C=O) groups excluding carboxylic acids is 1. The summed E-state index contributed by atoms with van der Waals surface area (Å²) in [4.78, 5) is 11.4. The molecule has 7 heteroatoms. The minimum absolute atomic E-state index is 0.00124. The Hall–Kier alpha value is -0.250. The van der Waals surface area contributed by atoms with E-state index in [-0.39, 0.29) is 46.3 Å². The van der Waals surface area contributed by atoms with Crippen molar-refractivity contribution in [3.63, 3.8) is 0 Å². The lowest BCUT2D eigenvalue weighted by Gasteiger charge is -2.27. The second-order valence-corrected chi connectivity index (χ2v) is 11.3. The van der Waals surface area contributed by atoms with Gasteiger partial charge in [0, 0.05) is 22.9 Å². The highest BCUT2D eigenvalue weighted by Crippen LogP contribution is 2.47. The topological polar surface area (TPSA) is 54.0 Å². The number of fused-ring (bicyclic) bond motifs is 1. The van der Waals surface area contributed by atoms with E-state index in [0.29, 0.717) is 12.8 Å². The Balaban J connectivity index is 1.54. The molecule has 33 heavy (non-hydrogen) atoms. The molecule has 5 nitrogen and oxygen atoms in total. The van der Waals surface area contributed by atoms with E-state index in [4.69, 9.17) is 18.9 Å². The van der Waals surface area contributed by atoms with Crippen molar-refractivity contribution >= 4 is 28.6 Å². The summed E-state index contributed by atoms with van der Waals surface area (Å²) in [6.45, 7) is 2.99. The number of carbonyl (C=O) groups is 1. The van der Waals surface area contributed by atoms with Gasteiger partial charge in [0.15, 0.2) is 6.29 Å². The Morgan fingerprint density at radius 2 is 2.03 bits per heavy atom. The molecule has 0 aromatic rings. The Bertz CT molecular complexity index is 611. The molecule has 0 bridgehead atoms. The predicted molar refractivity (Wildman–Crippen MR) is 135 cm³/mol. The molecule has 1 saturated carbocycles. The van der Waals surface area contributed by atoms with E-state index in [9.17, 15) is 4.79 Å². The van der Waals surface area contributed by atoms with Crippen molar-refractivity contribution in [3.8, 4) is 0 Å². The number of esters is 1. The van der Waals surface area contributed by atoms with Gasteiger partial charge in [0.2, 0.25) is 0 Å². The molecule has 2 heterocycles. The molecular formula is C26H42FIO5. The first kappa shape index (κ1) is 27.3. The lowest BCUT2D eigenvalue weighted by Crippen LogP contribution is -2.32. The summed E-state index contributed by atoms with van der Waals surface area (Å²) in [7, 11) is 1.40. The van der Waals surface area contributed by atoms with Crippen LogP contribution in [0.5, 0.6) is 0 Å². The minimum Gasteiger partial charge on any atom is -0.469 e. The van der Waals surface area contributed by atoms with Crippen molar-refractivity contribution in [2.75, 3.05) is 13.7 Å². The second-order valence-electron chi connectivity index (χ2n) is 9.74. The van der Waals surface area contributed by atoms with Gasteiger partial charge in [-0.3, -0.25) is 4.79 Å². The molecule has 3 rings (SSSR count). The molecule has 0 spiro atoms. The Labute approximate surface area is 212 Å². The maximum Gasteiger partial charge on any atom is 0.305 e. The fraction of sp³-hybridized carbons (Fsp3) is 0.885. The minimum atomic E-state index is -0.965. The van der Waals surface area contributed by atoms with E-state index in [1.165, 1.54) is 20.0 Å². The van der Waals surface area contributed by atoms with Crippen LogP contribution >= 0.6 is 22.6 Å². The molecular weight excluding hydrogens is 538 g/mol. The molecule has 0 N–H and O–H groups in total. The van der Waals surface area contributed by atoms with Crippen LogP contribution in [0, 0.1) is 11.8 Å². The molecule has 2 aliphatic heterocycles. The lowest BCUT2D eigenvalue weighted by molar-refractivity contribution is -0.179. The van der Waals surface area contributed by atoms with Crippen LogP contribution in [0.3, 0.4) is 0 Å². The fourth-order valence-electron chi connectivity index (χ4n) is 5.42. The number of unbranched alkanes of at least 4 members (excludes halogenated alkanes) is 2. The van der Waals surface area contributed by atoms with Crippen molar-refractivity contribution in [1.29, 1.82) is 0 Å². The molecule has 0 aromatic carbocycles. The van der Waals surface area contributed by atoms with Gasteiger partial charge >= 0.3 is 5.97 Å². The van der Waals surface area contributed by atoms with Crippen molar-refractivity contribution in [3.05, 3.63) is 12.2 Å². The zero-order valence-corrected chi connectivity index (χ0v) is 22.4. The first-order valence-corrected chi connectivity index (χ1v) is 14.2. The molecule has 3 fully saturated rings. The quantitative estimate of drug-likeness (QED) is 0.0840. The number of rotatable bonds is 13. The third kappa shape index (κ3) is 8.14. The van der Waals surface area contributed by atoms with E-state index in [1.807, 2.05) is 0 Å². The monoisotopic (exact) mass is 580 g/mol. The lowest BCUT2D eigenvalue weighted by atomic mass is 9.88. The number of methoxy groups -OCH3 is 1. The fourth-order valence-corrected chi connectivity index (χ4v) is 6.42. The average Bonchev–Trinajstić information content (AvgIpc) is 3.38. The third-order valence-electron chi connectivity index (χ3n) is 7.30. The number of hydrogen-bond acceptors (Lipinski definition) is 5. The maximum absolute atomic E-state index is 15.5. The smallest absolute Gasteiger partial charge is 0.305 e. The highest BCUT2D eigenvalue weighted by Gasteiger charge is 2.52. The third-order valence-corrected chi connectivity index (χ3v) is 8.63. The molecule has 2 unspecified atom stereocenters. The van der Waals surface area contributed by atoms with Crippen molar-refractivity contribution in [2.45, 2.75) is 119 Å². The van der Waals surface area contributed by atoms with Crippen LogP contribution in [-0.4, -0.2) is 54.4 Å². The SMILES string of the molecule is CCCCC[C@@H](C=C[C@H]1CC[C@H]2O[C@@H](C(I)CCCC(=O)OC)[C@@H](F)[C@H]12)OC1CCCCO1. The van der Waals surface area contributed by atoms with Gasteiger partial charge in [-0.15, -0.1) is 0 Å². The Kier molecular flexibility index (Phi) is 11.9. The van der Waals surface area contributed by atoms with Crippen LogP contribution in [0.4, 0.5) is 4.39 Å². The first-order valence-electron chi connectivity index (χ1n) is 13.0. The summed E-state index contributed by atoms with van der Waals surface area (Å²) in [5.41, 5.74) is 0. The summed E-state index contributed by atoms with van der Waals surface area (Å²) in [6, 6.07) is 0. The summed E-state index contributed by atoms with van der Waals surface area (Å²) in [6.07, 6.45) is 14.4. The maximum atomic E-state index is 15.5. The normalized spacial score (nSPS) is 33.8. The predicted octanol–water partition coefficient (Wildman–Crippen LogP) is 6.31. The van der Waals surface area contributed by atoms with E-state index in [0.717, 1.165) is 58.0 Å². The van der Waals surface area contributed by atoms with E-state index < -0.39 is 6.17 Å². The zero-order valence-electron chi connectivity index (χ0n) is 20.3. The van der Waals surface area contributed by atoms with E-state index in [2.05, 4.69) is 41.7 Å². The van der Waals surface area contributed by atoms with Gasteiger partial charge in [-0.1, -0.05) is 60.9 Å². The van der Waals surface area contributed by atoms with Crippen molar-refractivity contribution in [1.82, 2.24) is 0 Å². The Morgan fingerprint density at radius 3 is 2.76 bits per heavy atom. The van der Waals surface area contributed by atoms with Gasteiger partial charge in [-0.25, -0.2) is 4.39 Å². The molecule has 0 radical (unpaired) electrons. The summed E-state index contributed by atoms with van der Waals surface area (Å²) in [5, 5.41) is 0. The largest absolute Gasteiger partial charge is 0.469 e. The molecule has 190 valence electrons. The van der Waals surface area contributed by atoms with Gasteiger partial charge in [0.05, 0.1) is 19.3 Å². The van der Waals surface area contributed by atoms with Crippen LogP contribution in [0.1, 0.15) is 84.0 Å². The van der Waals surface area contributed by atoms with Gasteiger partial charge in [-0.2, -0.15) is 0 Å². The average molecular weight is 581 g/mol. The molecule has 2 saturated heterocycles. The molecule has 0 amide bonds. The van der Waals surface area contributed by atoms with E-state index in [1.54, 1.807) is 0 Å². The molecule has 3 aliphatic rings. The zero-order chi connectivity index (χ0) is 23.6. The van der Waals surface area contributed by atoms with Crippen LogP contribution < -0.4 is 0 Å². The standard InChI is InChI=1S/C26H42FIO5/c1-3-4-5-9-19(32-23-12-6-7-17-31-23)15-13-18-14-16-21-24(18)25(27)26(33-21)20(28)10-8-11-22(29)30-2/h13,15,18-21,23-26H,3-12,14,16-17H2,1-2H3/t18-,19-,20?,21+,23?,24+,25-,26-/m0/s1. The highest BCUT2D eigenvalue weighted by atomic mass is 127. The number of alkyl halides is 2. The van der Waals surface area contributed by atoms with Gasteiger partial charge < -0.3 is 18.9 Å². The number of hydrogen-bond donors (Lipinski definition) is 0. The second kappa shape index (κ2) is 14.3. The van der Waals surface area contributed by atoms with Crippen LogP contribution in [0.2, 0.25) is 0 Å². The van der Waals surface area contributed by atoms with Crippen molar-refractivity contribution in [2.24, 2.45) is 11.8 Å². The van der Waals surface area contributed by atoms with Crippen LogP contribution in [0.25, 0.3) is 0 Å². The molecule has 8 atom stereocenters. The number of halogens is 2. The Morgan fingerprint density at radius 1 is 1.18 bits per heavy atom. The number of ether oxygens (including phenoxy) is 4. The molecule has 1 aliphatic carbocycles. The summed E-state index contributed by atoms with van der Waals surface area (Å²) >= 11 is 2.30. The van der Waals surface area contributed by atoms with Crippen LogP contribution in [-0.2, 0) is 23.7 Å². The van der Waals surface area contributed by atoms with Gasteiger partial charge in [0.1, 0.15) is 12.3 Å². The first-order chi connectivity index (χ1) is 16.0. The van der Waals surface area contributed by atoms with Gasteiger partial charge in [-0.05, 0) is 57.3 Å². The van der Waals surface area contributed by atoms with Crippen LogP contribution in [0.15, 0.2) is 12.2 Å². The highest BCUT2D eigenvalue weighted by molar-refractivity contribution is 14.1. The van der Waals surface area contributed by atoms with Crippen molar-refractivity contribution < 1.29 is 28.1 Å². The number of allylic oxidation sites excluding steroid dienone is 1. The van der Waals surface area contributed by atoms with E-state index >= 15 is 4.39 Å². The summed E-state index contributed by atoms with van der Waals surface area (Å²) in [5.74, 6) is -0.0938. The summed E-state index contributed by atoms with van der Waals surface area (Å²) < 4.78 is 38.6. The molecule has 0 aromatic heterocycles. The van der Waals surface area contributed by atoms with Gasteiger partial charge in [0.25, 0.3) is 0 Å².